The van der Waals surface area contributed by atoms with Gasteiger partial charge in [-0.15, -0.1) is 0 Å². The monoisotopic (exact) mass is 227 g/mol. The zero-order chi connectivity index (χ0) is 12.3. The maximum Gasteiger partial charge on any atom is 0.333 e. The van der Waals surface area contributed by atoms with Crippen molar-refractivity contribution in [1.82, 2.24) is 15.1 Å². The number of nitro groups is 1. The van der Waals surface area contributed by atoms with Crippen LogP contribution in [0, 0.1) is 17.0 Å². The van der Waals surface area contributed by atoms with E-state index in [9.17, 15) is 10.1 Å². The van der Waals surface area contributed by atoms with Crippen LogP contribution in [0.5, 0.6) is 0 Å². The number of hydrogen-bond acceptors (Lipinski definition) is 5. The SMILES string of the molecule is CNCCN(C)c1c([N+](=O)[O-])c(C)nn1C. The molecular formula is C9H17N5O2. The summed E-state index contributed by atoms with van der Waals surface area (Å²) in [5.41, 5.74) is 0.528. The topological polar surface area (TPSA) is 76.2 Å². The molecule has 0 saturated carbocycles. The van der Waals surface area contributed by atoms with E-state index in [1.807, 2.05) is 19.0 Å². The highest BCUT2D eigenvalue weighted by atomic mass is 16.6. The Labute approximate surface area is 94.2 Å². The summed E-state index contributed by atoms with van der Waals surface area (Å²) < 4.78 is 1.54. The van der Waals surface area contributed by atoms with Crippen molar-refractivity contribution in [2.45, 2.75) is 6.92 Å². The second kappa shape index (κ2) is 4.93. The highest BCUT2D eigenvalue weighted by molar-refractivity contribution is 5.60. The van der Waals surface area contributed by atoms with E-state index in [0.29, 0.717) is 18.1 Å². The van der Waals surface area contributed by atoms with Gasteiger partial charge in [0.2, 0.25) is 5.82 Å². The molecule has 0 bridgehead atoms. The Balaban J connectivity index is 3.06. The van der Waals surface area contributed by atoms with Crippen molar-refractivity contribution in [3.8, 4) is 0 Å². The van der Waals surface area contributed by atoms with Gasteiger partial charge in [0.25, 0.3) is 0 Å². The summed E-state index contributed by atoms with van der Waals surface area (Å²) in [6, 6.07) is 0. The van der Waals surface area contributed by atoms with Crippen molar-refractivity contribution in [1.29, 1.82) is 0 Å². The molecule has 0 unspecified atom stereocenters. The van der Waals surface area contributed by atoms with Gasteiger partial charge < -0.3 is 10.2 Å². The molecule has 0 atom stereocenters. The lowest BCUT2D eigenvalue weighted by molar-refractivity contribution is -0.384. The van der Waals surface area contributed by atoms with Gasteiger partial charge >= 0.3 is 5.69 Å². The Morgan fingerprint density at radius 2 is 2.25 bits per heavy atom. The van der Waals surface area contributed by atoms with Crippen molar-refractivity contribution < 1.29 is 4.92 Å². The van der Waals surface area contributed by atoms with Crippen molar-refractivity contribution in [3.63, 3.8) is 0 Å². The van der Waals surface area contributed by atoms with Crippen molar-refractivity contribution in [2.24, 2.45) is 7.05 Å². The molecule has 0 radical (unpaired) electrons. The smallest absolute Gasteiger partial charge is 0.333 e. The summed E-state index contributed by atoms with van der Waals surface area (Å²) in [7, 11) is 5.38. The first-order valence-corrected chi connectivity index (χ1v) is 5.02. The largest absolute Gasteiger partial charge is 0.353 e. The van der Waals surface area contributed by atoms with E-state index in [1.165, 1.54) is 0 Å². The highest BCUT2D eigenvalue weighted by Gasteiger charge is 2.26. The van der Waals surface area contributed by atoms with Crippen LogP contribution in [0.15, 0.2) is 0 Å². The molecule has 16 heavy (non-hydrogen) atoms. The van der Waals surface area contributed by atoms with Gasteiger partial charge in [0.05, 0.1) is 4.92 Å². The highest BCUT2D eigenvalue weighted by Crippen LogP contribution is 2.29. The van der Waals surface area contributed by atoms with Crippen LogP contribution in [0.25, 0.3) is 0 Å². The van der Waals surface area contributed by atoms with Gasteiger partial charge in [0, 0.05) is 27.2 Å². The molecule has 1 N–H and O–H groups in total. The third kappa shape index (κ3) is 2.30. The molecule has 0 aliphatic carbocycles. The Hall–Kier alpha value is -1.63. The summed E-state index contributed by atoms with van der Waals surface area (Å²) in [5, 5.41) is 18.0. The normalized spacial score (nSPS) is 10.5. The van der Waals surface area contributed by atoms with Crippen LogP contribution in [0.4, 0.5) is 11.5 Å². The van der Waals surface area contributed by atoms with E-state index in [0.717, 1.165) is 6.54 Å². The molecule has 0 aliphatic rings. The van der Waals surface area contributed by atoms with Gasteiger partial charge in [0.1, 0.15) is 5.69 Å². The first kappa shape index (κ1) is 12.4. The predicted octanol–water partition coefficient (Wildman–Crippen LogP) is 0.292. The predicted molar refractivity (Wildman–Crippen MR) is 61.8 cm³/mol. The van der Waals surface area contributed by atoms with Gasteiger partial charge in [-0.3, -0.25) is 10.1 Å². The molecule has 1 rings (SSSR count). The van der Waals surface area contributed by atoms with E-state index >= 15 is 0 Å². The molecule has 0 aliphatic heterocycles. The lowest BCUT2D eigenvalue weighted by atomic mass is 10.3. The van der Waals surface area contributed by atoms with Crippen molar-refractivity contribution in [2.75, 3.05) is 32.1 Å². The Bertz CT molecular complexity index is 387. The van der Waals surface area contributed by atoms with Crippen LogP contribution in [-0.2, 0) is 7.05 Å². The molecule has 1 aromatic rings. The molecule has 0 fully saturated rings. The fourth-order valence-electron chi connectivity index (χ4n) is 1.66. The number of nitrogens with one attached hydrogen (secondary N) is 1. The molecule has 0 spiro atoms. The number of rotatable bonds is 5. The fourth-order valence-corrected chi connectivity index (χ4v) is 1.66. The Kier molecular flexibility index (Phi) is 3.83. The Morgan fingerprint density at radius 3 is 2.75 bits per heavy atom. The van der Waals surface area contributed by atoms with Crippen LogP contribution in [-0.4, -0.2) is 41.9 Å². The molecule has 0 amide bonds. The molecule has 0 saturated heterocycles. The third-order valence-corrected chi connectivity index (χ3v) is 2.40. The molecule has 1 heterocycles. The summed E-state index contributed by atoms with van der Waals surface area (Å²) in [5.74, 6) is 0.540. The summed E-state index contributed by atoms with van der Waals surface area (Å²) in [6.45, 7) is 3.10. The van der Waals surface area contributed by atoms with Crippen LogP contribution in [0.2, 0.25) is 0 Å². The fraction of sp³-hybridized carbons (Fsp3) is 0.667. The molecule has 7 nitrogen and oxygen atoms in total. The number of likely N-dealkylation sites (N-methyl/N-ethyl adjacent to an activating group) is 2. The maximum absolute atomic E-state index is 10.9. The lowest BCUT2D eigenvalue weighted by Gasteiger charge is -2.17. The number of aryl methyl sites for hydroxylation is 2. The first-order valence-electron chi connectivity index (χ1n) is 5.02. The average Bonchev–Trinajstić information content (AvgIpc) is 2.50. The standard InChI is InChI=1S/C9H17N5O2/c1-7-8(14(15)16)9(13(4)11-7)12(3)6-5-10-2/h10H,5-6H2,1-4H3. The molecular weight excluding hydrogens is 210 g/mol. The number of anilines is 1. The third-order valence-electron chi connectivity index (χ3n) is 2.40. The van der Waals surface area contributed by atoms with E-state index < -0.39 is 0 Å². The van der Waals surface area contributed by atoms with Gasteiger partial charge in [-0.2, -0.15) is 5.10 Å². The van der Waals surface area contributed by atoms with E-state index in [2.05, 4.69) is 10.4 Å². The Morgan fingerprint density at radius 1 is 1.62 bits per heavy atom. The maximum atomic E-state index is 10.9. The summed E-state index contributed by atoms with van der Waals surface area (Å²) >= 11 is 0. The molecule has 0 aromatic carbocycles. The second-order valence-corrected chi connectivity index (χ2v) is 3.66. The summed E-state index contributed by atoms with van der Waals surface area (Å²) in [4.78, 5) is 12.4. The van der Waals surface area contributed by atoms with Crippen LogP contribution in [0.3, 0.4) is 0 Å². The molecule has 1 aromatic heterocycles. The van der Waals surface area contributed by atoms with Crippen molar-refractivity contribution in [3.05, 3.63) is 15.8 Å². The van der Waals surface area contributed by atoms with Crippen LogP contribution >= 0.6 is 0 Å². The second-order valence-electron chi connectivity index (χ2n) is 3.66. The van der Waals surface area contributed by atoms with Gasteiger partial charge in [0.15, 0.2) is 0 Å². The van der Waals surface area contributed by atoms with Crippen LogP contribution in [0.1, 0.15) is 5.69 Å². The molecule has 7 heteroatoms. The molecule has 90 valence electrons. The average molecular weight is 227 g/mol. The number of nitrogens with zero attached hydrogens (tertiary/aromatic N) is 4. The summed E-state index contributed by atoms with van der Waals surface area (Å²) in [6.07, 6.45) is 0. The van der Waals surface area contributed by atoms with Crippen LogP contribution < -0.4 is 10.2 Å². The number of aromatic nitrogens is 2. The van der Waals surface area contributed by atoms with Gasteiger partial charge in [-0.05, 0) is 14.0 Å². The minimum Gasteiger partial charge on any atom is -0.353 e. The van der Waals surface area contributed by atoms with Gasteiger partial charge in [-0.25, -0.2) is 4.68 Å². The van der Waals surface area contributed by atoms with Gasteiger partial charge in [-0.1, -0.05) is 0 Å². The van der Waals surface area contributed by atoms with Crippen molar-refractivity contribution >= 4 is 11.5 Å². The zero-order valence-corrected chi connectivity index (χ0v) is 10.0. The minimum absolute atomic E-state index is 0.0844. The van der Waals surface area contributed by atoms with E-state index in [1.54, 1.807) is 18.7 Å². The quantitative estimate of drug-likeness (QED) is 0.578. The number of hydrogen-bond donors (Lipinski definition) is 1. The lowest BCUT2D eigenvalue weighted by Crippen LogP contribution is -2.29. The zero-order valence-electron chi connectivity index (χ0n) is 10.0. The van der Waals surface area contributed by atoms with E-state index in [4.69, 9.17) is 0 Å². The first-order chi connectivity index (χ1) is 7.49. The minimum atomic E-state index is -0.381. The van der Waals surface area contributed by atoms with E-state index in [-0.39, 0.29) is 10.6 Å².